The van der Waals surface area contributed by atoms with Crippen molar-refractivity contribution in [3.63, 3.8) is 0 Å². The fraction of sp³-hybridized carbons (Fsp3) is 0.158. The molecule has 0 aliphatic carbocycles. The van der Waals surface area contributed by atoms with Crippen molar-refractivity contribution in [3.05, 3.63) is 83.1 Å². The number of benzene rings is 1. The van der Waals surface area contributed by atoms with Crippen molar-refractivity contribution in [1.29, 1.82) is 0 Å². The van der Waals surface area contributed by atoms with Crippen LogP contribution in [0.1, 0.15) is 27.2 Å². The van der Waals surface area contributed by atoms with Crippen molar-refractivity contribution in [1.82, 2.24) is 15.2 Å². The lowest BCUT2D eigenvalue weighted by molar-refractivity contribution is 0.0765. The first-order valence-electron chi connectivity index (χ1n) is 7.83. The molecule has 0 atom stereocenters. The van der Waals surface area contributed by atoms with Crippen molar-refractivity contribution in [2.24, 2.45) is 0 Å². The van der Waals surface area contributed by atoms with Crippen LogP contribution in [0.3, 0.4) is 0 Å². The minimum absolute atomic E-state index is 0.0918. The number of dihydropyridines is 1. The molecule has 0 unspecified atom stereocenters. The number of carbonyl (C=O) groups is 1. The van der Waals surface area contributed by atoms with Gasteiger partial charge in [0.2, 0.25) is 0 Å². The van der Waals surface area contributed by atoms with Crippen molar-refractivity contribution in [2.45, 2.75) is 13.1 Å². The first-order chi connectivity index (χ1) is 11.7. The Bertz CT molecular complexity index is 873. The second kappa shape index (κ2) is 5.92. The van der Waals surface area contributed by atoms with Crippen LogP contribution < -0.4 is 5.32 Å². The lowest BCUT2D eigenvalue weighted by Gasteiger charge is -2.17. The predicted molar refractivity (Wildman–Crippen MR) is 89.3 cm³/mol. The van der Waals surface area contributed by atoms with Gasteiger partial charge in [0.15, 0.2) is 0 Å². The van der Waals surface area contributed by atoms with E-state index in [1.165, 1.54) is 6.07 Å². The summed E-state index contributed by atoms with van der Waals surface area (Å²) in [6.45, 7) is 1.36. The van der Waals surface area contributed by atoms with Gasteiger partial charge >= 0.3 is 0 Å². The normalized spacial score (nSPS) is 16.0. The van der Waals surface area contributed by atoms with Crippen molar-refractivity contribution >= 4 is 11.5 Å². The first kappa shape index (κ1) is 14.6. The smallest absolute Gasteiger partial charge is 0.256 e. The summed E-state index contributed by atoms with van der Waals surface area (Å²) < 4.78 is 14.5. The van der Waals surface area contributed by atoms with E-state index in [0.29, 0.717) is 24.2 Å². The van der Waals surface area contributed by atoms with Crippen LogP contribution in [0.4, 0.5) is 4.39 Å². The van der Waals surface area contributed by atoms with Gasteiger partial charge in [0, 0.05) is 24.8 Å². The monoisotopic (exact) mass is 321 g/mol. The maximum absolute atomic E-state index is 14.5. The number of aromatic nitrogens is 1. The summed E-state index contributed by atoms with van der Waals surface area (Å²) in [6, 6.07) is 8.70. The molecule has 0 saturated heterocycles. The molecule has 1 aromatic heterocycles. The van der Waals surface area contributed by atoms with Crippen LogP contribution in [-0.2, 0) is 13.1 Å². The Morgan fingerprint density at radius 3 is 2.96 bits per heavy atom. The van der Waals surface area contributed by atoms with Gasteiger partial charge in [-0.05, 0) is 41.6 Å². The highest BCUT2D eigenvalue weighted by atomic mass is 19.1. The molecule has 120 valence electrons. The highest BCUT2D eigenvalue weighted by Crippen LogP contribution is 2.25. The van der Waals surface area contributed by atoms with Gasteiger partial charge in [-0.25, -0.2) is 4.39 Å². The minimum atomic E-state index is -0.292. The Hall–Kier alpha value is -2.95. The zero-order valence-electron chi connectivity index (χ0n) is 13.0. The summed E-state index contributed by atoms with van der Waals surface area (Å²) in [4.78, 5) is 18.2. The summed E-state index contributed by atoms with van der Waals surface area (Å²) in [5.74, 6) is -0.384. The minimum Gasteiger partial charge on any atom is -0.387 e. The van der Waals surface area contributed by atoms with E-state index >= 15 is 0 Å². The fourth-order valence-corrected chi connectivity index (χ4v) is 3.05. The Morgan fingerprint density at radius 2 is 2.21 bits per heavy atom. The Kier molecular flexibility index (Phi) is 3.61. The van der Waals surface area contributed by atoms with E-state index in [4.69, 9.17) is 0 Å². The third kappa shape index (κ3) is 2.58. The molecule has 0 bridgehead atoms. The predicted octanol–water partition coefficient (Wildman–Crippen LogP) is 2.88. The number of pyridine rings is 1. The number of amides is 1. The van der Waals surface area contributed by atoms with Crippen LogP contribution in [0.15, 0.2) is 54.9 Å². The van der Waals surface area contributed by atoms with Gasteiger partial charge in [0.1, 0.15) is 5.82 Å². The number of carbonyl (C=O) groups excluding carboxylic acids is 1. The van der Waals surface area contributed by atoms with Gasteiger partial charge in [-0.2, -0.15) is 0 Å². The molecule has 3 heterocycles. The van der Waals surface area contributed by atoms with E-state index < -0.39 is 0 Å². The molecular formula is C19H16FN3O. The van der Waals surface area contributed by atoms with Crippen molar-refractivity contribution in [2.75, 3.05) is 6.54 Å². The standard InChI is InChI=1S/C19H16FN3O/c20-17-9-13(14-3-1-7-21-10-14)5-6-15(17)11-23-12-18-16(19(23)24)4-2-8-22-18/h1-9,21H,10-12H2. The number of hydrogen-bond acceptors (Lipinski definition) is 3. The van der Waals surface area contributed by atoms with Gasteiger partial charge in [0.05, 0.1) is 17.8 Å². The zero-order chi connectivity index (χ0) is 16.5. The van der Waals surface area contributed by atoms with Gasteiger partial charge in [-0.15, -0.1) is 0 Å². The summed E-state index contributed by atoms with van der Waals surface area (Å²) >= 11 is 0. The Labute approximate surface area is 139 Å². The molecule has 1 aromatic carbocycles. The first-order valence-corrected chi connectivity index (χ1v) is 7.83. The van der Waals surface area contributed by atoms with E-state index in [0.717, 1.165) is 16.8 Å². The highest BCUT2D eigenvalue weighted by molar-refractivity contribution is 5.97. The number of fused-ring (bicyclic) bond motifs is 1. The molecule has 4 rings (SSSR count). The average Bonchev–Trinajstić information content (AvgIpc) is 2.94. The van der Waals surface area contributed by atoms with Gasteiger partial charge in [-0.3, -0.25) is 9.78 Å². The average molecular weight is 321 g/mol. The molecule has 2 aromatic rings. The maximum atomic E-state index is 14.5. The highest BCUT2D eigenvalue weighted by Gasteiger charge is 2.28. The number of rotatable bonds is 3. The molecular weight excluding hydrogens is 305 g/mol. The van der Waals surface area contributed by atoms with E-state index in [9.17, 15) is 9.18 Å². The number of hydrogen-bond donors (Lipinski definition) is 1. The molecule has 5 heteroatoms. The van der Waals surface area contributed by atoms with Crippen LogP contribution in [-0.4, -0.2) is 22.3 Å². The number of allylic oxidation sites excluding steroid dienone is 2. The van der Waals surface area contributed by atoms with E-state index in [-0.39, 0.29) is 18.3 Å². The van der Waals surface area contributed by atoms with Crippen LogP contribution in [0.5, 0.6) is 0 Å². The molecule has 4 nitrogen and oxygen atoms in total. The van der Waals surface area contributed by atoms with Crippen molar-refractivity contribution in [3.8, 4) is 0 Å². The van der Waals surface area contributed by atoms with Crippen LogP contribution in [0.2, 0.25) is 0 Å². The Morgan fingerprint density at radius 1 is 1.29 bits per heavy atom. The lowest BCUT2D eigenvalue weighted by Crippen LogP contribution is -2.23. The van der Waals surface area contributed by atoms with Crippen LogP contribution >= 0.6 is 0 Å². The lowest BCUT2D eigenvalue weighted by atomic mass is 10.0. The Balaban J connectivity index is 1.55. The zero-order valence-corrected chi connectivity index (χ0v) is 13.0. The second-order valence-corrected chi connectivity index (χ2v) is 5.90. The molecule has 2 aliphatic rings. The summed E-state index contributed by atoms with van der Waals surface area (Å²) in [5.41, 5.74) is 3.77. The summed E-state index contributed by atoms with van der Waals surface area (Å²) in [5, 5.41) is 3.11. The summed E-state index contributed by atoms with van der Waals surface area (Å²) in [7, 11) is 0. The maximum Gasteiger partial charge on any atom is 0.256 e. The van der Waals surface area contributed by atoms with E-state index in [1.54, 1.807) is 29.3 Å². The number of nitrogens with zero attached hydrogens (tertiary/aromatic N) is 2. The SMILES string of the molecule is O=C1c2cccnc2CN1Cc1ccc(C2=CC=CNC2)cc1F. The third-order valence-corrected chi connectivity index (χ3v) is 4.34. The van der Waals surface area contributed by atoms with Gasteiger partial charge in [0.25, 0.3) is 5.91 Å². The molecule has 0 spiro atoms. The third-order valence-electron chi connectivity index (χ3n) is 4.34. The largest absolute Gasteiger partial charge is 0.387 e. The van der Waals surface area contributed by atoms with E-state index in [1.807, 2.05) is 24.4 Å². The fourth-order valence-electron chi connectivity index (χ4n) is 3.05. The number of nitrogens with one attached hydrogen (secondary N) is 1. The van der Waals surface area contributed by atoms with Gasteiger partial charge in [-0.1, -0.05) is 18.2 Å². The molecule has 0 saturated carbocycles. The number of halogens is 1. The van der Waals surface area contributed by atoms with Gasteiger partial charge < -0.3 is 10.2 Å². The molecule has 0 fully saturated rings. The molecule has 24 heavy (non-hydrogen) atoms. The van der Waals surface area contributed by atoms with Crippen molar-refractivity contribution < 1.29 is 9.18 Å². The van der Waals surface area contributed by atoms with Crippen LogP contribution in [0, 0.1) is 5.82 Å². The summed E-state index contributed by atoms with van der Waals surface area (Å²) in [6.07, 6.45) is 7.40. The second-order valence-electron chi connectivity index (χ2n) is 5.90. The molecule has 1 amide bonds. The topological polar surface area (TPSA) is 45.2 Å². The van der Waals surface area contributed by atoms with Crippen LogP contribution in [0.25, 0.3) is 5.57 Å². The van der Waals surface area contributed by atoms with E-state index in [2.05, 4.69) is 10.3 Å². The molecule has 2 aliphatic heterocycles. The molecule has 1 N–H and O–H groups in total. The molecule has 0 radical (unpaired) electrons. The quantitative estimate of drug-likeness (QED) is 0.945.